The Balaban J connectivity index is 1.75. The Morgan fingerprint density at radius 2 is 2.25 bits per heavy atom. The molecule has 1 aromatic carbocycles. The average Bonchev–Trinajstić information content (AvgIpc) is 3.01. The van der Waals surface area contributed by atoms with Gasteiger partial charge < -0.3 is 5.32 Å². The van der Waals surface area contributed by atoms with Crippen molar-refractivity contribution >= 4 is 17.2 Å². The molecule has 1 N–H and O–H groups in total. The lowest BCUT2D eigenvalue weighted by atomic mass is 10.00. The molecule has 3 rings (SSSR count). The van der Waals surface area contributed by atoms with Gasteiger partial charge in [-0.25, -0.2) is 4.98 Å². The van der Waals surface area contributed by atoms with Gasteiger partial charge in [-0.3, -0.25) is 14.6 Å². The Kier molecular flexibility index (Phi) is 5.28. The molecule has 1 aromatic heterocycles. The highest BCUT2D eigenvalue weighted by atomic mass is 32.1. The minimum absolute atomic E-state index is 0.0369. The molecule has 1 atom stereocenters. The van der Waals surface area contributed by atoms with Crippen LogP contribution in [0.2, 0.25) is 0 Å². The van der Waals surface area contributed by atoms with Crippen molar-refractivity contribution in [3.63, 3.8) is 0 Å². The highest BCUT2D eigenvalue weighted by molar-refractivity contribution is 7.09. The summed E-state index contributed by atoms with van der Waals surface area (Å²) >= 11 is 1.71. The Morgan fingerprint density at radius 1 is 1.42 bits per heavy atom. The fraction of sp³-hybridized carbons (Fsp3) is 0.444. The van der Waals surface area contributed by atoms with Gasteiger partial charge in [0.15, 0.2) is 0 Å². The quantitative estimate of drug-likeness (QED) is 0.925. The van der Waals surface area contributed by atoms with Crippen LogP contribution in [-0.2, 0) is 6.54 Å². The Hall–Kier alpha value is -1.76. The molecule has 24 heavy (non-hydrogen) atoms. The molecule has 0 aliphatic carbocycles. The number of likely N-dealkylation sites (N-methyl/N-ethyl adjacent to an activating group) is 1. The van der Waals surface area contributed by atoms with Crippen LogP contribution in [0.4, 0.5) is 0 Å². The molecule has 6 heteroatoms. The van der Waals surface area contributed by atoms with Crippen molar-refractivity contribution in [2.24, 2.45) is 0 Å². The lowest BCUT2D eigenvalue weighted by Gasteiger charge is -2.39. The van der Waals surface area contributed by atoms with E-state index in [2.05, 4.69) is 38.6 Å². The third kappa shape index (κ3) is 3.83. The van der Waals surface area contributed by atoms with Crippen LogP contribution < -0.4 is 5.32 Å². The van der Waals surface area contributed by atoms with Crippen molar-refractivity contribution in [3.8, 4) is 0 Å². The minimum atomic E-state index is -0.0369. The number of nitrogens with zero attached hydrogens (tertiary/aromatic N) is 3. The normalized spacial score (nSPS) is 19.4. The first-order valence-electron chi connectivity index (χ1n) is 8.22. The van der Waals surface area contributed by atoms with Crippen LogP contribution in [0.3, 0.4) is 0 Å². The first-order valence-corrected chi connectivity index (χ1v) is 9.10. The number of carbonyl (C=O) groups excluding carboxylic acids is 1. The number of rotatable bonds is 4. The molecule has 1 saturated heterocycles. The van der Waals surface area contributed by atoms with Crippen molar-refractivity contribution in [1.29, 1.82) is 0 Å². The second kappa shape index (κ2) is 7.42. The number of thiazole rings is 1. The van der Waals surface area contributed by atoms with Gasteiger partial charge in [0.2, 0.25) is 0 Å². The predicted octanol–water partition coefficient (Wildman–Crippen LogP) is 2.30. The summed E-state index contributed by atoms with van der Waals surface area (Å²) in [6, 6.07) is 8.25. The lowest BCUT2D eigenvalue weighted by Crippen LogP contribution is -2.46. The number of aromatic nitrogens is 1. The summed E-state index contributed by atoms with van der Waals surface area (Å²) in [6.07, 6.45) is 0. The summed E-state index contributed by atoms with van der Waals surface area (Å²) in [5.74, 6) is -0.0369. The number of piperazine rings is 1. The summed E-state index contributed by atoms with van der Waals surface area (Å²) in [4.78, 5) is 21.3. The molecule has 1 aliphatic rings. The number of benzene rings is 1. The average molecular weight is 344 g/mol. The number of carbonyl (C=O) groups is 1. The highest BCUT2D eigenvalue weighted by Crippen LogP contribution is 2.26. The van der Waals surface area contributed by atoms with Gasteiger partial charge in [0.25, 0.3) is 5.91 Å². The van der Waals surface area contributed by atoms with Gasteiger partial charge in [0.05, 0.1) is 10.7 Å². The second-order valence-electron chi connectivity index (χ2n) is 6.29. The molecule has 0 radical (unpaired) electrons. The zero-order valence-corrected chi connectivity index (χ0v) is 15.3. The number of hydrogen-bond donors (Lipinski definition) is 1. The van der Waals surface area contributed by atoms with Crippen LogP contribution in [0.15, 0.2) is 29.6 Å². The number of amides is 1. The predicted molar refractivity (Wildman–Crippen MR) is 97.3 cm³/mol. The van der Waals surface area contributed by atoms with E-state index in [9.17, 15) is 4.79 Å². The van der Waals surface area contributed by atoms with E-state index in [1.54, 1.807) is 18.4 Å². The van der Waals surface area contributed by atoms with Gasteiger partial charge in [0.1, 0.15) is 0 Å². The highest BCUT2D eigenvalue weighted by Gasteiger charge is 2.26. The van der Waals surface area contributed by atoms with Crippen molar-refractivity contribution in [3.05, 3.63) is 51.5 Å². The van der Waals surface area contributed by atoms with E-state index >= 15 is 0 Å². The van der Waals surface area contributed by atoms with Crippen molar-refractivity contribution in [1.82, 2.24) is 20.1 Å². The van der Waals surface area contributed by atoms with E-state index < -0.39 is 0 Å². The van der Waals surface area contributed by atoms with Crippen LogP contribution in [0.25, 0.3) is 0 Å². The van der Waals surface area contributed by atoms with Gasteiger partial charge in [-0.2, -0.15) is 0 Å². The van der Waals surface area contributed by atoms with E-state index in [4.69, 9.17) is 0 Å². The molecule has 0 bridgehead atoms. The molecule has 1 amide bonds. The molecular formula is C18H24N4OS. The van der Waals surface area contributed by atoms with E-state index in [0.29, 0.717) is 6.04 Å². The lowest BCUT2D eigenvalue weighted by molar-refractivity contribution is 0.0894. The summed E-state index contributed by atoms with van der Waals surface area (Å²) in [5.41, 5.74) is 3.06. The fourth-order valence-corrected chi connectivity index (χ4v) is 3.78. The molecule has 2 aromatic rings. The summed E-state index contributed by atoms with van der Waals surface area (Å²) in [7, 11) is 3.82. The van der Waals surface area contributed by atoms with Gasteiger partial charge in [-0.05, 0) is 31.7 Å². The van der Waals surface area contributed by atoms with Crippen molar-refractivity contribution < 1.29 is 4.79 Å². The third-order valence-corrected chi connectivity index (χ3v) is 5.37. The molecule has 128 valence electrons. The van der Waals surface area contributed by atoms with E-state index in [1.165, 1.54) is 5.56 Å². The molecule has 1 aliphatic heterocycles. The maximum absolute atomic E-state index is 11.9. The Morgan fingerprint density at radius 3 is 2.96 bits per heavy atom. The largest absolute Gasteiger partial charge is 0.355 e. The maximum atomic E-state index is 11.9. The first kappa shape index (κ1) is 17.1. The SMILES string of the molecule is CNC(=O)c1cccc(C2CN(Cc3csc(C)n3)CCN2C)c1. The van der Waals surface area contributed by atoms with Gasteiger partial charge in [-0.15, -0.1) is 11.3 Å². The van der Waals surface area contributed by atoms with Crippen LogP contribution in [0.1, 0.15) is 32.7 Å². The molecular weight excluding hydrogens is 320 g/mol. The Bertz CT molecular complexity index is 715. The van der Waals surface area contributed by atoms with Gasteiger partial charge in [-0.1, -0.05) is 12.1 Å². The number of hydrogen-bond acceptors (Lipinski definition) is 5. The summed E-state index contributed by atoms with van der Waals surface area (Å²) in [6.45, 7) is 5.94. The molecule has 1 fully saturated rings. The summed E-state index contributed by atoms with van der Waals surface area (Å²) < 4.78 is 0. The molecule has 0 spiro atoms. The van der Waals surface area contributed by atoms with E-state index in [0.717, 1.165) is 42.4 Å². The summed E-state index contributed by atoms with van der Waals surface area (Å²) in [5, 5.41) is 5.96. The van der Waals surface area contributed by atoms with Crippen LogP contribution in [0, 0.1) is 6.92 Å². The van der Waals surface area contributed by atoms with Gasteiger partial charge in [0, 0.05) is 50.2 Å². The molecule has 0 saturated carbocycles. The maximum Gasteiger partial charge on any atom is 0.251 e. The standard InChI is InChI=1S/C18H24N4OS/c1-13-20-16(12-24-13)10-22-8-7-21(3)17(11-22)14-5-4-6-15(9-14)18(23)19-2/h4-6,9,12,17H,7-8,10-11H2,1-3H3,(H,19,23). The molecule has 1 unspecified atom stereocenters. The van der Waals surface area contributed by atoms with E-state index in [-0.39, 0.29) is 5.91 Å². The fourth-order valence-electron chi connectivity index (χ4n) is 3.18. The monoisotopic (exact) mass is 344 g/mol. The number of aryl methyl sites for hydroxylation is 1. The van der Waals surface area contributed by atoms with Crippen LogP contribution in [-0.4, -0.2) is 54.4 Å². The number of nitrogens with one attached hydrogen (secondary N) is 1. The van der Waals surface area contributed by atoms with Crippen LogP contribution >= 0.6 is 11.3 Å². The zero-order chi connectivity index (χ0) is 17.1. The Labute approximate surface area is 147 Å². The van der Waals surface area contributed by atoms with Crippen LogP contribution in [0.5, 0.6) is 0 Å². The molecule has 5 nitrogen and oxygen atoms in total. The van der Waals surface area contributed by atoms with Crippen molar-refractivity contribution in [2.75, 3.05) is 33.7 Å². The molecule has 2 heterocycles. The topological polar surface area (TPSA) is 48.5 Å². The third-order valence-electron chi connectivity index (χ3n) is 4.54. The smallest absolute Gasteiger partial charge is 0.251 e. The zero-order valence-electron chi connectivity index (χ0n) is 14.5. The van der Waals surface area contributed by atoms with Crippen molar-refractivity contribution in [2.45, 2.75) is 19.5 Å². The minimum Gasteiger partial charge on any atom is -0.355 e. The second-order valence-corrected chi connectivity index (χ2v) is 7.36. The van der Waals surface area contributed by atoms with Gasteiger partial charge >= 0.3 is 0 Å². The van der Waals surface area contributed by atoms with E-state index in [1.807, 2.05) is 25.1 Å². The first-order chi connectivity index (χ1) is 11.6.